The first kappa shape index (κ1) is 18.6. The maximum atomic E-state index is 12.5. The Kier molecular flexibility index (Phi) is 4.80. The molecule has 0 amide bonds. The first-order chi connectivity index (χ1) is 14.7. The fourth-order valence-electron chi connectivity index (χ4n) is 3.28. The van der Waals surface area contributed by atoms with E-state index in [1.165, 1.54) is 16.0 Å². The van der Waals surface area contributed by atoms with Gasteiger partial charge in [-0.1, -0.05) is 59.9 Å². The van der Waals surface area contributed by atoms with E-state index in [1.807, 2.05) is 31.2 Å². The first-order valence-corrected chi connectivity index (χ1v) is 10.6. The maximum Gasteiger partial charge on any atom is 0.253 e. The van der Waals surface area contributed by atoms with Crippen LogP contribution in [-0.2, 0) is 6.54 Å². The molecule has 30 heavy (non-hydrogen) atoms. The fraction of sp³-hybridized carbons (Fsp3) is 0.238. The van der Waals surface area contributed by atoms with Crippen LogP contribution in [0.15, 0.2) is 48.5 Å². The maximum absolute atomic E-state index is 12.5. The Hall–Kier alpha value is -3.46. The van der Waals surface area contributed by atoms with Crippen LogP contribution in [0.2, 0.25) is 0 Å². The molecule has 8 nitrogen and oxygen atoms in total. The van der Waals surface area contributed by atoms with Crippen LogP contribution < -0.4 is 5.32 Å². The second-order valence-corrected chi connectivity index (χ2v) is 8.43. The lowest BCUT2D eigenvalue weighted by Gasteiger charge is -2.10. The number of carbonyl (C=O) groups is 1. The molecule has 2 aromatic carbocycles. The zero-order valence-corrected chi connectivity index (χ0v) is 17.1. The SMILES string of the molecule is Cc1nnc(NCc2ccc(-c3ccccc3-c3nnnn3C(=O)C3CC3)cc2)s1. The number of nitrogens with zero attached hydrogens (tertiary/aromatic N) is 6. The summed E-state index contributed by atoms with van der Waals surface area (Å²) in [4.78, 5) is 12.5. The number of benzene rings is 2. The minimum absolute atomic E-state index is 0.0295. The van der Waals surface area contributed by atoms with E-state index in [1.54, 1.807) is 0 Å². The Morgan fingerprint density at radius 3 is 2.53 bits per heavy atom. The topological polar surface area (TPSA) is 98.5 Å². The Balaban J connectivity index is 1.40. The number of hydrogen-bond acceptors (Lipinski definition) is 8. The van der Waals surface area contributed by atoms with Gasteiger partial charge >= 0.3 is 0 Å². The molecule has 0 spiro atoms. The van der Waals surface area contributed by atoms with Crippen molar-refractivity contribution in [2.75, 3.05) is 5.32 Å². The number of hydrogen-bond donors (Lipinski definition) is 1. The number of aromatic nitrogens is 6. The van der Waals surface area contributed by atoms with Gasteiger partial charge < -0.3 is 5.32 Å². The number of nitrogens with one attached hydrogen (secondary N) is 1. The van der Waals surface area contributed by atoms with Crippen molar-refractivity contribution in [3.05, 3.63) is 59.1 Å². The third kappa shape index (κ3) is 3.71. The van der Waals surface area contributed by atoms with E-state index in [9.17, 15) is 4.79 Å². The minimum Gasteiger partial charge on any atom is -0.356 e. The Labute approximate surface area is 177 Å². The highest BCUT2D eigenvalue weighted by molar-refractivity contribution is 7.15. The summed E-state index contributed by atoms with van der Waals surface area (Å²) in [5.41, 5.74) is 4.00. The molecule has 1 aliphatic rings. The van der Waals surface area contributed by atoms with Gasteiger partial charge in [0.05, 0.1) is 0 Å². The van der Waals surface area contributed by atoms with Gasteiger partial charge in [-0.3, -0.25) is 4.79 Å². The zero-order chi connectivity index (χ0) is 20.5. The van der Waals surface area contributed by atoms with Gasteiger partial charge in [-0.2, -0.15) is 4.68 Å². The standard InChI is InChI=1S/C21H19N7OS/c1-13-23-25-21(30-13)22-12-14-6-8-15(9-7-14)17-4-2-3-5-18(17)19-24-26-27-28(19)20(29)16-10-11-16/h2-9,16H,10-12H2,1H3,(H,22,25). The van der Waals surface area contributed by atoms with Crippen molar-refractivity contribution in [1.29, 1.82) is 0 Å². The summed E-state index contributed by atoms with van der Waals surface area (Å²) in [6, 6.07) is 16.2. The van der Waals surface area contributed by atoms with Crippen molar-refractivity contribution in [2.45, 2.75) is 26.3 Å². The number of tetrazole rings is 1. The summed E-state index contributed by atoms with van der Waals surface area (Å²) in [5.74, 6) is 0.501. The first-order valence-electron chi connectivity index (χ1n) is 9.74. The smallest absolute Gasteiger partial charge is 0.253 e. The summed E-state index contributed by atoms with van der Waals surface area (Å²) >= 11 is 1.54. The third-order valence-corrected chi connectivity index (χ3v) is 5.80. The molecule has 0 unspecified atom stereocenters. The molecule has 5 rings (SSSR count). The molecule has 4 aromatic rings. The number of rotatable bonds is 6. The zero-order valence-electron chi connectivity index (χ0n) is 16.3. The monoisotopic (exact) mass is 417 g/mol. The van der Waals surface area contributed by atoms with E-state index >= 15 is 0 Å². The van der Waals surface area contributed by atoms with E-state index in [4.69, 9.17) is 0 Å². The molecule has 9 heteroatoms. The lowest BCUT2D eigenvalue weighted by atomic mass is 9.98. The number of aryl methyl sites for hydroxylation is 1. The number of carbonyl (C=O) groups excluding carboxylic acids is 1. The van der Waals surface area contributed by atoms with Gasteiger partial charge in [0.15, 0.2) is 5.82 Å². The van der Waals surface area contributed by atoms with E-state index in [-0.39, 0.29) is 11.8 Å². The summed E-state index contributed by atoms with van der Waals surface area (Å²) in [6.45, 7) is 2.61. The van der Waals surface area contributed by atoms with Crippen LogP contribution in [0.1, 0.15) is 28.2 Å². The molecule has 0 atom stereocenters. The molecule has 1 saturated carbocycles. The highest BCUT2D eigenvalue weighted by Crippen LogP contribution is 2.34. The molecule has 150 valence electrons. The van der Waals surface area contributed by atoms with Crippen molar-refractivity contribution in [3.8, 4) is 22.5 Å². The van der Waals surface area contributed by atoms with E-state index < -0.39 is 0 Å². The van der Waals surface area contributed by atoms with Gasteiger partial charge in [0.2, 0.25) is 5.13 Å². The van der Waals surface area contributed by atoms with Gasteiger partial charge in [0, 0.05) is 18.0 Å². The minimum atomic E-state index is -0.0295. The van der Waals surface area contributed by atoms with Gasteiger partial charge in [0.1, 0.15) is 5.01 Å². The average molecular weight is 417 g/mol. The molecule has 1 N–H and O–H groups in total. The van der Waals surface area contributed by atoms with Crippen LogP contribution in [0.4, 0.5) is 5.13 Å². The van der Waals surface area contributed by atoms with Gasteiger partial charge in [-0.15, -0.1) is 15.3 Å². The van der Waals surface area contributed by atoms with Crippen LogP contribution in [0.5, 0.6) is 0 Å². The summed E-state index contributed by atoms with van der Waals surface area (Å²) < 4.78 is 1.35. The second kappa shape index (κ2) is 7.75. The van der Waals surface area contributed by atoms with E-state index in [0.29, 0.717) is 12.4 Å². The Morgan fingerprint density at radius 2 is 1.83 bits per heavy atom. The van der Waals surface area contributed by atoms with Gasteiger partial charge in [-0.25, -0.2) is 0 Å². The van der Waals surface area contributed by atoms with E-state index in [0.717, 1.165) is 45.2 Å². The van der Waals surface area contributed by atoms with Gasteiger partial charge in [-0.05, 0) is 46.9 Å². The van der Waals surface area contributed by atoms with Crippen LogP contribution in [0, 0.1) is 12.8 Å². The molecule has 1 aliphatic carbocycles. The quantitative estimate of drug-likeness (QED) is 0.476. The van der Waals surface area contributed by atoms with Gasteiger partial charge in [0.25, 0.3) is 5.91 Å². The Morgan fingerprint density at radius 1 is 1.07 bits per heavy atom. The molecule has 0 aliphatic heterocycles. The second-order valence-electron chi connectivity index (χ2n) is 7.25. The van der Waals surface area contributed by atoms with Crippen molar-refractivity contribution < 1.29 is 4.79 Å². The van der Waals surface area contributed by atoms with Crippen molar-refractivity contribution >= 4 is 22.4 Å². The molecule has 2 aromatic heterocycles. The summed E-state index contributed by atoms with van der Waals surface area (Å²) in [7, 11) is 0. The summed E-state index contributed by atoms with van der Waals surface area (Å²) in [6.07, 6.45) is 1.82. The van der Waals surface area contributed by atoms with Crippen molar-refractivity contribution in [2.24, 2.45) is 5.92 Å². The molecular formula is C21H19N7OS. The van der Waals surface area contributed by atoms with Crippen LogP contribution >= 0.6 is 11.3 Å². The van der Waals surface area contributed by atoms with Crippen molar-refractivity contribution in [1.82, 2.24) is 30.4 Å². The largest absolute Gasteiger partial charge is 0.356 e. The molecule has 0 saturated heterocycles. The summed E-state index contributed by atoms with van der Waals surface area (Å²) in [5, 5.41) is 25.0. The van der Waals surface area contributed by atoms with Crippen LogP contribution in [0.25, 0.3) is 22.5 Å². The predicted octanol–water partition coefficient (Wildman–Crippen LogP) is 3.83. The molecule has 0 bridgehead atoms. The lowest BCUT2D eigenvalue weighted by Crippen LogP contribution is -2.16. The highest BCUT2D eigenvalue weighted by atomic mass is 32.1. The predicted molar refractivity (Wildman–Crippen MR) is 114 cm³/mol. The Bertz CT molecular complexity index is 1190. The molecule has 2 heterocycles. The molecule has 0 radical (unpaired) electrons. The van der Waals surface area contributed by atoms with Crippen LogP contribution in [0.3, 0.4) is 0 Å². The van der Waals surface area contributed by atoms with E-state index in [2.05, 4.69) is 55.3 Å². The normalized spacial score (nSPS) is 13.4. The van der Waals surface area contributed by atoms with Crippen LogP contribution in [-0.4, -0.2) is 36.3 Å². The fourth-order valence-corrected chi connectivity index (χ4v) is 3.87. The molecule has 1 fully saturated rings. The number of anilines is 1. The third-order valence-electron chi connectivity index (χ3n) is 5.01. The average Bonchev–Trinajstić information content (AvgIpc) is 3.37. The van der Waals surface area contributed by atoms with Crippen molar-refractivity contribution in [3.63, 3.8) is 0 Å². The highest BCUT2D eigenvalue weighted by Gasteiger charge is 2.33. The lowest BCUT2D eigenvalue weighted by molar-refractivity contribution is 0.0870. The molecular weight excluding hydrogens is 398 g/mol.